The van der Waals surface area contributed by atoms with Gasteiger partial charge in [-0.3, -0.25) is 15.1 Å². The predicted molar refractivity (Wildman–Crippen MR) is 135 cm³/mol. The number of anilines is 1. The van der Waals surface area contributed by atoms with Crippen molar-refractivity contribution in [3.8, 4) is 33.2 Å². The minimum Gasteiger partial charge on any atom is -0.421 e. The van der Waals surface area contributed by atoms with Gasteiger partial charge in [0.2, 0.25) is 11.8 Å². The molecule has 36 heavy (non-hydrogen) atoms. The fraction of sp³-hybridized carbons (Fsp3) is 0.292. The molecule has 4 heterocycles. The standard InChI is InChI=1S/C24H24N8O3S/c1-4-26-24(34)30-19-8-17(23-28-12(2)20(36-23)21(33)29-16-5-6-16)18(11-27-19)14-7-15(10-25-9-14)22-32-31-13(3)35-22/h7-11,16H,4-6H2,1-3H3,(H,29,33)(H2,26,27,30,34). The predicted octanol–water partition coefficient (Wildman–Crippen LogP) is 3.97. The Morgan fingerprint density at radius 3 is 2.61 bits per heavy atom. The fourth-order valence-corrected chi connectivity index (χ4v) is 4.57. The molecule has 4 aromatic rings. The summed E-state index contributed by atoms with van der Waals surface area (Å²) in [6.07, 6.45) is 7.00. The van der Waals surface area contributed by atoms with Crippen molar-refractivity contribution in [2.45, 2.75) is 39.7 Å². The third kappa shape index (κ3) is 5.08. The zero-order chi connectivity index (χ0) is 25.2. The van der Waals surface area contributed by atoms with Crippen LogP contribution in [0.1, 0.15) is 41.0 Å². The van der Waals surface area contributed by atoms with E-state index < -0.39 is 0 Å². The number of hydrogen-bond acceptors (Lipinski definition) is 9. The molecule has 0 spiro atoms. The van der Waals surface area contributed by atoms with Crippen molar-refractivity contribution in [1.82, 2.24) is 35.8 Å². The number of nitrogens with zero attached hydrogens (tertiary/aromatic N) is 5. The first kappa shape index (κ1) is 23.5. The molecular formula is C24H24N8O3S. The molecule has 11 nitrogen and oxygen atoms in total. The first-order valence-electron chi connectivity index (χ1n) is 11.5. The number of pyridine rings is 2. The molecule has 1 saturated carbocycles. The van der Waals surface area contributed by atoms with Gasteiger partial charge in [-0.15, -0.1) is 21.5 Å². The van der Waals surface area contributed by atoms with Crippen LogP contribution in [0.25, 0.3) is 33.2 Å². The van der Waals surface area contributed by atoms with E-state index in [-0.39, 0.29) is 18.0 Å². The molecule has 0 atom stereocenters. The highest BCUT2D eigenvalue weighted by Crippen LogP contribution is 2.37. The number of nitrogens with one attached hydrogen (secondary N) is 3. The van der Waals surface area contributed by atoms with Gasteiger partial charge in [-0.1, -0.05) is 0 Å². The normalized spacial score (nSPS) is 12.9. The Balaban J connectivity index is 1.57. The lowest BCUT2D eigenvalue weighted by molar-refractivity contribution is 0.0954. The SMILES string of the molecule is CCNC(=O)Nc1cc(-c2nc(C)c(C(=O)NC3CC3)s2)c(-c2cncc(-c3nnc(C)o3)c2)cn1. The second-order valence-electron chi connectivity index (χ2n) is 8.37. The van der Waals surface area contributed by atoms with Gasteiger partial charge in [-0.05, 0) is 38.8 Å². The van der Waals surface area contributed by atoms with Crippen LogP contribution in [0.3, 0.4) is 0 Å². The maximum absolute atomic E-state index is 12.8. The van der Waals surface area contributed by atoms with E-state index in [4.69, 9.17) is 9.40 Å². The van der Waals surface area contributed by atoms with Crippen LogP contribution in [0.15, 0.2) is 35.1 Å². The molecule has 1 aliphatic rings. The molecule has 0 unspecified atom stereocenters. The van der Waals surface area contributed by atoms with Crippen LogP contribution in [-0.2, 0) is 0 Å². The van der Waals surface area contributed by atoms with E-state index in [1.807, 2.05) is 19.9 Å². The monoisotopic (exact) mass is 504 g/mol. The van der Waals surface area contributed by atoms with Crippen molar-refractivity contribution in [2.24, 2.45) is 0 Å². The van der Waals surface area contributed by atoms with E-state index in [1.54, 1.807) is 31.6 Å². The summed E-state index contributed by atoms with van der Waals surface area (Å²) in [6.45, 7) is 5.85. The quantitative estimate of drug-likeness (QED) is 0.342. The number of hydrogen-bond donors (Lipinski definition) is 3. The molecule has 0 radical (unpaired) electrons. The number of aromatic nitrogens is 5. The molecule has 4 aromatic heterocycles. The summed E-state index contributed by atoms with van der Waals surface area (Å²) in [7, 11) is 0. The summed E-state index contributed by atoms with van der Waals surface area (Å²) >= 11 is 1.30. The van der Waals surface area contributed by atoms with Gasteiger partial charge in [-0.2, -0.15) is 0 Å². The Labute approximate surface area is 210 Å². The third-order valence-electron chi connectivity index (χ3n) is 5.45. The lowest BCUT2D eigenvalue weighted by Crippen LogP contribution is -2.28. The smallest absolute Gasteiger partial charge is 0.320 e. The van der Waals surface area contributed by atoms with Gasteiger partial charge in [0.15, 0.2) is 0 Å². The van der Waals surface area contributed by atoms with E-state index in [0.717, 1.165) is 24.0 Å². The van der Waals surface area contributed by atoms with Crippen LogP contribution in [-0.4, -0.2) is 49.7 Å². The van der Waals surface area contributed by atoms with E-state index >= 15 is 0 Å². The topological polar surface area (TPSA) is 148 Å². The Morgan fingerprint density at radius 2 is 1.89 bits per heavy atom. The Kier molecular flexibility index (Phi) is 6.42. The Hall–Kier alpha value is -4.19. The van der Waals surface area contributed by atoms with Gasteiger partial charge in [0.25, 0.3) is 5.91 Å². The van der Waals surface area contributed by atoms with Crippen molar-refractivity contribution in [3.05, 3.63) is 47.2 Å². The van der Waals surface area contributed by atoms with Gasteiger partial charge < -0.3 is 15.1 Å². The van der Waals surface area contributed by atoms with Crippen LogP contribution in [0.2, 0.25) is 0 Å². The highest BCUT2D eigenvalue weighted by molar-refractivity contribution is 7.17. The lowest BCUT2D eigenvalue weighted by Gasteiger charge is -2.11. The average molecular weight is 505 g/mol. The number of aryl methyl sites for hydroxylation is 2. The number of amides is 3. The van der Waals surface area contributed by atoms with Crippen LogP contribution >= 0.6 is 11.3 Å². The molecule has 0 saturated heterocycles. The molecule has 3 amide bonds. The molecule has 1 fully saturated rings. The summed E-state index contributed by atoms with van der Waals surface area (Å²) in [5.41, 5.74) is 3.47. The van der Waals surface area contributed by atoms with Gasteiger partial charge in [-0.25, -0.2) is 14.8 Å². The van der Waals surface area contributed by atoms with Crippen molar-refractivity contribution in [2.75, 3.05) is 11.9 Å². The number of urea groups is 1. The summed E-state index contributed by atoms with van der Waals surface area (Å²) in [6, 6.07) is 3.50. The van der Waals surface area contributed by atoms with Crippen LogP contribution in [0.5, 0.6) is 0 Å². The van der Waals surface area contributed by atoms with E-state index in [2.05, 4.69) is 36.1 Å². The Morgan fingerprint density at radius 1 is 1.08 bits per heavy atom. The van der Waals surface area contributed by atoms with E-state index in [9.17, 15) is 9.59 Å². The third-order valence-corrected chi connectivity index (χ3v) is 6.64. The Bertz CT molecular complexity index is 1440. The first-order chi connectivity index (χ1) is 17.4. The largest absolute Gasteiger partial charge is 0.421 e. The van der Waals surface area contributed by atoms with Crippen molar-refractivity contribution < 1.29 is 14.0 Å². The maximum Gasteiger partial charge on any atom is 0.320 e. The summed E-state index contributed by atoms with van der Waals surface area (Å²) in [5.74, 6) is 1.04. The molecule has 184 valence electrons. The minimum absolute atomic E-state index is 0.120. The van der Waals surface area contributed by atoms with Gasteiger partial charge in [0.05, 0.1) is 11.3 Å². The van der Waals surface area contributed by atoms with Crippen molar-refractivity contribution in [1.29, 1.82) is 0 Å². The summed E-state index contributed by atoms with van der Waals surface area (Å²) in [5, 5.41) is 17.0. The van der Waals surface area contributed by atoms with E-state index in [1.165, 1.54) is 11.3 Å². The van der Waals surface area contributed by atoms with Gasteiger partial charge >= 0.3 is 6.03 Å². The molecule has 12 heteroatoms. The number of thiazole rings is 1. The highest BCUT2D eigenvalue weighted by Gasteiger charge is 2.26. The maximum atomic E-state index is 12.8. The van der Waals surface area contributed by atoms with Crippen molar-refractivity contribution in [3.63, 3.8) is 0 Å². The molecule has 3 N–H and O–H groups in total. The molecule has 0 aromatic carbocycles. The molecule has 5 rings (SSSR count). The molecule has 0 bridgehead atoms. The zero-order valence-corrected chi connectivity index (χ0v) is 20.8. The highest BCUT2D eigenvalue weighted by atomic mass is 32.1. The number of carbonyl (C=O) groups excluding carboxylic acids is 2. The van der Waals surface area contributed by atoms with Crippen LogP contribution in [0, 0.1) is 13.8 Å². The lowest BCUT2D eigenvalue weighted by atomic mass is 10.0. The number of rotatable bonds is 7. The fourth-order valence-electron chi connectivity index (χ4n) is 3.57. The second-order valence-corrected chi connectivity index (χ2v) is 9.37. The van der Waals surface area contributed by atoms with Gasteiger partial charge in [0, 0.05) is 54.8 Å². The minimum atomic E-state index is -0.362. The summed E-state index contributed by atoms with van der Waals surface area (Å²) in [4.78, 5) is 38.9. The van der Waals surface area contributed by atoms with Crippen molar-refractivity contribution >= 4 is 29.1 Å². The van der Waals surface area contributed by atoms with Gasteiger partial charge in [0.1, 0.15) is 15.7 Å². The number of carbonyl (C=O) groups is 2. The molecule has 1 aliphatic carbocycles. The van der Waals surface area contributed by atoms with E-state index in [0.29, 0.717) is 50.8 Å². The zero-order valence-electron chi connectivity index (χ0n) is 20.0. The second kappa shape index (κ2) is 9.82. The van der Waals surface area contributed by atoms with Crippen LogP contribution < -0.4 is 16.0 Å². The molecular weight excluding hydrogens is 480 g/mol. The summed E-state index contributed by atoms with van der Waals surface area (Å²) < 4.78 is 5.56. The molecule has 0 aliphatic heterocycles. The average Bonchev–Trinajstić information content (AvgIpc) is 3.42. The van der Waals surface area contributed by atoms with Crippen LogP contribution in [0.4, 0.5) is 10.6 Å². The first-order valence-corrected chi connectivity index (χ1v) is 12.3.